The molecule has 0 bridgehead atoms. The second kappa shape index (κ2) is 19.1. The molecule has 2 aromatic rings. The smallest absolute Gasteiger partial charge is 0.305 e. The summed E-state index contributed by atoms with van der Waals surface area (Å²) in [5, 5.41) is 0. The van der Waals surface area contributed by atoms with Crippen LogP contribution in [0.4, 0.5) is 5.69 Å². The maximum absolute atomic E-state index is 12.9. The summed E-state index contributed by atoms with van der Waals surface area (Å²) in [6.45, 7) is 11.1. The summed E-state index contributed by atoms with van der Waals surface area (Å²) in [6, 6.07) is 13.3. The molecule has 1 saturated heterocycles. The summed E-state index contributed by atoms with van der Waals surface area (Å²) >= 11 is 0. The fraction of sp³-hybridized carbons (Fsp3) is 0.641. The molecule has 0 radical (unpaired) electrons. The Bertz CT molecular complexity index is 1200. The number of rotatable bonds is 19. The van der Waals surface area contributed by atoms with Crippen LogP contribution < -0.4 is 10.6 Å². The Morgan fingerprint density at radius 2 is 1.56 bits per heavy atom. The van der Waals surface area contributed by atoms with Crippen molar-refractivity contribution in [3.63, 3.8) is 0 Å². The van der Waals surface area contributed by atoms with Gasteiger partial charge in [0.05, 0.1) is 5.92 Å². The lowest BCUT2D eigenvalue weighted by molar-refractivity contribution is -0.145. The Morgan fingerprint density at radius 3 is 2.31 bits per heavy atom. The maximum atomic E-state index is 12.9. The fourth-order valence-electron chi connectivity index (χ4n) is 6.99. The summed E-state index contributed by atoms with van der Waals surface area (Å²) in [4.78, 5) is 30.5. The number of nitrogens with zero attached hydrogens (tertiary/aromatic N) is 2. The van der Waals surface area contributed by atoms with Crippen LogP contribution in [-0.4, -0.2) is 62.5 Å². The number of hydrogen-bond acceptors (Lipinski definition) is 6. The van der Waals surface area contributed by atoms with Crippen LogP contribution >= 0.6 is 0 Å². The number of fused-ring (bicyclic) bond motifs is 1. The van der Waals surface area contributed by atoms with Crippen LogP contribution in [0.25, 0.3) is 0 Å². The van der Waals surface area contributed by atoms with Crippen molar-refractivity contribution in [2.75, 3.05) is 50.8 Å². The molecular weight excluding hydrogens is 558 g/mol. The van der Waals surface area contributed by atoms with Crippen molar-refractivity contribution in [1.82, 2.24) is 4.90 Å². The average Bonchev–Trinajstić information content (AvgIpc) is 3.05. The molecule has 2 aromatic carbocycles. The number of Topliss-reactive ketones (excluding diaryl/α,β-unsaturated/α-hetero) is 1. The summed E-state index contributed by atoms with van der Waals surface area (Å²) in [7, 11) is 0. The molecule has 1 aliphatic carbocycles. The van der Waals surface area contributed by atoms with Gasteiger partial charge < -0.3 is 15.4 Å². The van der Waals surface area contributed by atoms with Crippen LogP contribution in [0.15, 0.2) is 36.4 Å². The van der Waals surface area contributed by atoms with Crippen molar-refractivity contribution in [2.45, 2.75) is 116 Å². The molecule has 1 unspecified atom stereocenters. The van der Waals surface area contributed by atoms with Gasteiger partial charge in [0.1, 0.15) is 12.4 Å². The highest BCUT2D eigenvalue weighted by molar-refractivity contribution is 5.88. The van der Waals surface area contributed by atoms with Gasteiger partial charge in [0, 0.05) is 44.7 Å². The van der Waals surface area contributed by atoms with E-state index in [0.717, 1.165) is 76.8 Å². The van der Waals surface area contributed by atoms with Gasteiger partial charge in [-0.25, -0.2) is 0 Å². The highest BCUT2D eigenvalue weighted by Crippen LogP contribution is 2.31. The van der Waals surface area contributed by atoms with Gasteiger partial charge in [-0.15, -0.1) is 0 Å². The second-order valence-corrected chi connectivity index (χ2v) is 13.5. The topological polar surface area (TPSA) is 75.9 Å². The Morgan fingerprint density at radius 1 is 0.844 bits per heavy atom. The zero-order valence-corrected chi connectivity index (χ0v) is 28.3. The van der Waals surface area contributed by atoms with Crippen molar-refractivity contribution in [2.24, 2.45) is 5.73 Å². The summed E-state index contributed by atoms with van der Waals surface area (Å²) < 4.78 is 5.65. The molecule has 0 aromatic heterocycles. The zero-order chi connectivity index (χ0) is 31.9. The van der Waals surface area contributed by atoms with E-state index in [-0.39, 0.29) is 24.3 Å². The number of nitrogens with two attached hydrogens (primary N) is 1. The van der Waals surface area contributed by atoms with E-state index in [1.165, 1.54) is 79.4 Å². The third kappa shape index (κ3) is 11.2. The van der Waals surface area contributed by atoms with Crippen LogP contribution in [0.2, 0.25) is 0 Å². The van der Waals surface area contributed by atoms with Gasteiger partial charge in [0.25, 0.3) is 0 Å². The molecule has 1 fully saturated rings. The minimum absolute atomic E-state index is 0.166. The molecule has 248 valence electrons. The van der Waals surface area contributed by atoms with Crippen LogP contribution in [0.5, 0.6) is 0 Å². The molecule has 4 rings (SSSR count). The third-order valence-corrected chi connectivity index (χ3v) is 10.1. The minimum atomic E-state index is -0.312. The number of carbonyl (C=O) groups is 2. The third-order valence-electron chi connectivity index (χ3n) is 10.1. The van der Waals surface area contributed by atoms with Crippen molar-refractivity contribution in [3.05, 3.63) is 64.2 Å². The highest BCUT2D eigenvalue weighted by atomic mass is 16.5. The number of piperazine rings is 1. The molecule has 1 heterocycles. The van der Waals surface area contributed by atoms with Gasteiger partial charge in [0.2, 0.25) is 0 Å². The number of benzene rings is 2. The van der Waals surface area contributed by atoms with Gasteiger partial charge in [0.15, 0.2) is 0 Å². The molecule has 2 aliphatic rings. The van der Waals surface area contributed by atoms with Gasteiger partial charge in [-0.2, -0.15) is 0 Å². The van der Waals surface area contributed by atoms with E-state index in [2.05, 4.69) is 60.0 Å². The summed E-state index contributed by atoms with van der Waals surface area (Å²) in [5.74, 6) is -0.270. The largest absolute Gasteiger partial charge is 0.465 e. The Hall–Kier alpha value is -2.70. The number of carbonyl (C=O) groups excluding carboxylic acids is 2. The lowest BCUT2D eigenvalue weighted by Gasteiger charge is -2.37. The highest BCUT2D eigenvalue weighted by Gasteiger charge is 2.29. The van der Waals surface area contributed by atoms with Crippen LogP contribution in [0, 0.1) is 13.8 Å². The number of aryl methyl sites for hydroxylation is 3. The lowest BCUT2D eigenvalue weighted by atomic mass is 9.81. The summed E-state index contributed by atoms with van der Waals surface area (Å²) in [6.07, 6.45) is 15.6. The van der Waals surface area contributed by atoms with E-state index in [9.17, 15) is 9.59 Å². The number of esters is 1. The SMILES string of the molecule is Cc1cccc(N2CCN(CCCCCc3ccc4c(c3)C(COC(=O)CCCCCCCCCCN)C(=O)CC4)CC2)c1C. The van der Waals surface area contributed by atoms with E-state index in [4.69, 9.17) is 10.5 Å². The van der Waals surface area contributed by atoms with Crippen LogP contribution in [0.1, 0.15) is 117 Å². The van der Waals surface area contributed by atoms with E-state index in [1.54, 1.807) is 0 Å². The van der Waals surface area contributed by atoms with Crippen molar-refractivity contribution >= 4 is 17.4 Å². The average molecular weight is 618 g/mol. The quantitative estimate of drug-likeness (QED) is 0.130. The monoisotopic (exact) mass is 617 g/mol. The number of unbranched alkanes of at least 4 members (excludes halogenated alkanes) is 9. The van der Waals surface area contributed by atoms with Crippen molar-refractivity contribution in [1.29, 1.82) is 0 Å². The van der Waals surface area contributed by atoms with E-state index >= 15 is 0 Å². The molecular formula is C39H59N3O3. The van der Waals surface area contributed by atoms with Gasteiger partial charge in [-0.3, -0.25) is 14.5 Å². The first kappa shape index (κ1) is 35.2. The molecule has 6 heteroatoms. The minimum Gasteiger partial charge on any atom is -0.465 e. The molecule has 45 heavy (non-hydrogen) atoms. The van der Waals surface area contributed by atoms with Gasteiger partial charge in [-0.05, 0) is 99.3 Å². The van der Waals surface area contributed by atoms with E-state index in [0.29, 0.717) is 12.8 Å². The second-order valence-electron chi connectivity index (χ2n) is 13.5. The predicted molar refractivity (Wildman–Crippen MR) is 186 cm³/mol. The Balaban J connectivity index is 1.12. The first-order chi connectivity index (χ1) is 22.0. The lowest BCUT2D eigenvalue weighted by Crippen LogP contribution is -2.46. The van der Waals surface area contributed by atoms with E-state index in [1.807, 2.05) is 0 Å². The Labute approximate surface area is 273 Å². The molecule has 6 nitrogen and oxygen atoms in total. The normalized spacial score (nSPS) is 17.0. The maximum Gasteiger partial charge on any atom is 0.305 e. The standard InChI is InChI=1S/C39H59N3O3/c1-31-15-14-17-37(32(31)2)42-27-25-41(26-28-42)24-13-9-10-16-33-19-20-34-21-22-38(43)36(35(34)29-33)30-45-39(44)18-11-7-5-3-4-6-8-12-23-40/h14-15,17,19-20,29,36H,3-13,16,18,21-28,30,40H2,1-2H3. The predicted octanol–water partition coefficient (Wildman–Crippen LogP) is 7.45. The van der Waals surface area contributed by atoms with Crippen LogP contribution in [0.3, 0.4) is 0 Å². The van der Waals surface area contributed by atoms with E-state index < -0.39 is 0 Å². The molecule has 0 spiro atoms. The zero-order valence-electron chi connectivity index (χ0n) is 28.3. The molecule has 0 amide bonds. The van der Waals surface area contributed by atoms with Gasteiger partial charge >= 0.3 is 5.97 Å². The van der Waals surface area contributed by atoms with Crippen molar-refractivity contribution < 1.29 is 14.3 Å². The first-order valence-electron chi connectivity index (χ1n) is 18.0. The first-order valence-corrected chi connectivity index (χ1v) is 18.0. The fourth-order valence-corrected chi connectivity index (χ4v) is 6.99. The number of ketones is 1. The van der Waals surface area contributed by atoms with Crippen LogP contribution in [-0.2, 0) is 27.2 Å². The van der Waals surface area contributed by atoms with Crippen molar-refractivity contribution in [3.8, 4) is 0 Å². The number of hydrogen-bond donors (Lipinski definition) is 1. The molecule has 1 aliphatic heterocycles. The molecule has 0 saturated carbocycles. The molecule has 2 N–H and O–H groups in total. The molecule has 1 atom stereocenters. The Kier molecular flexibility index (Phi) is 14.9. The summed E-state index contributed by atoms with van der Waals surface area (Å²) in [5.41, 5.74) is 13.4. The number of anilines is 1. The van der Waals surface area contributed by atoms with Gasteiger partial charge in [-0.1, -0.05) is 75.3 Å². The number of ether oxygens (including phenoxy) is 1.